The lowest BCUT2D eigenvalue weighted by Gasteiger charge is -2.31. The van der Waals surface area contributed by atoms with Gasteiger partial charge in [0.05, 0.1) is 12.0 Å². The predicted molar refractivity (Wildman–Crippen MR) is 158 cm³/mol. The number of alkyl halides is 2. The molecule has 212 valence electrons. The van der Waals surface area contributed by atoms with Gasteiger partial charge in [-0.15, -0.1) is 0 Å². The van der Waals surface area contributed by atoms with E-state index in [9.17, 15) is 8.78 Å². The fraction of sp³-hybridized carbons (Fsp3) is 0.667. The van der Waals surface area contributed by atoms with Gasteiger partial charge in [-0.2, -0.15) is 8.78 Å². The van der Waals surface area contributed by atoms with Crippen LogP contribution < -0.4 is 4.18 Å². The van der Waals surface area contributed by atoms with E-state index in [-0.39, 0.29) is 12.0 Å². The van der Waals surface area contributed by atoms with E-state index < -0.39 is 16.6 Å². The van der Waals surface area contributed by atoms with Crippen molar-refractivity contribution in [1.82, 2.24) is 0 Å². The number of aliphatic hydroxyl groups excluding tert-OH is 1. The summed E-state index contributed by atoms with van der Waals surface area (Å²) < 4.78 is 39.2. The van der Waals surface area contributed by atoms with E-state index in [2.05, 4.69) is 39.1 Å². The third-order valence-electron chi connectivity index (χ3n) is 7.36. The van der Waals surface area contributed by atoms with Gasteiger partial charge in [0, 0.05) is 7.11 Å². The molecule has 1 aromatic rings. The van der Waals surface area contributed by atoms with Crippen molar-refractivity contribution in [3.8, 4) is 5.75 Å². The van der Waals surface area contributed by atoms with Gasteiger partial charge in [0.1, 0.15) is 17.8 Å². The van der Waals surface area contributed by atoms with Crippen molar-refractivity contribution in [2.24, 2.45) is 0 Å². The number of hydrogen-bond donors (Lipinski definition) is 2. The average Bonchev–Trinajstić information content (AvgIpc) is 2.96. The van der Waals surface area contributed by atoms with Crippen LogP contribution in [0.15, 0.2) is 37.4 Å². The van der Waals surface area contributed by atoms with Crippen LogP contribution in [0, 0.1) is 0 Å². The van der Waals surface area contributed by atoms with Crippen LogP contribution in [-0.2, 0) is 0 Å². The molecule has 1 atom stereocenters. The molecular weight excluding hydrogens is 510 g/mol. The molecule has 0 heterocycles. The molecule has 2 N–H and O–H groups in total. The van der Waals surface area contributed by atoms with E-state index in [0.717, 1.165) is 50.3 Å². The zero-order valence-electron chi connectivity index (χ0n) is 23.0. The first-order valence-corrected chi connectivity index (χ1v) is 15.3. The Kier molecular flexibility index (Phi) is 17.6. The minimum absolute atomic E-state index is 0.0912. The van der Waals surface area contributed by atoms with Crippen LogP contribution >= 0.6 is 24.1 Å². The summed E-state index contributed by atoms with van der Waals surface area (Å²) in [6.45, 7) is 11.1. The van der Waals surface area contributed by atoms with Crippen LogP contribution in [0.4, 0.5) is 8.78 Å². The lowest BCUT2D eigenvalue weighted by atomic mass is 9.77. The van der Waals surface area contributed by atoms with E-state index in [1.54, 1.807) is 12.2 Å². The maximum absolute atomic E-state index is 13.9. The Morgan fingerprint density at radius 3 is 1.97 bits per heavy atom. The van der Waals surface area contributed by atoms with Crippen molar-refractivity contribution >= 4 is 24.1 Å². The summed E-state index contributed by atoms with van der Waals surface area (Å²) in [7, 11) is 1.00. The largest absolute Gasteiger partial charge is 0.418 e. The summed E-state index contributed by atoms with van der Waals surface area (Å²) in [6, 6.07) is 4.58. The minimum atomic E-state index is -3.38. The van der Waals surface area contributed by atoms with Crippen LogP contribution in [0.3, 0.4) is 0 Å². The van der Waals surface area contributed by atoms with Crippen molar-refractivity contribution < 1.29 is 22.6 Å². The molecule has 0 aromatic heterocycles. The van der Waals surface area contributed by atoms with Crippen molar-refractivity contribution in [1.29, 1.82) is 0 Å². The zero-order valence-corrected chi connectivity index (χ0v) is 24.7. The van der Waals surface area contributed by atoms with Gasteiger partial charge >= 0.3 is 4.59 Å². The van der Waals surface area contributed by atoms with E-state index >= 15 is 0 Å². The maximum atomic E-state index is 13.9. The maximum Gasteiger partial charge on any atom is 0.400 e. The Morgan fingerprint density at radius 1 is 0.973 bits per heavy atom. The molecule has 0 aliphatic heterocycles. The Balaban J connectivity index is 0.00000104. The molecule has 37 heavy (non-hydrogen) atoms. The lowest BCUT2D eigenvalue weighted by molar-refractivity contribution is 0.197. The number of rotatable bonds is 11. The van der Waals surface area contributed by atoms with Gasteiger partial charge in [0.2, 0.25) is 0 Å². The van der Waals surface area contributed by atoms with Crippen LogP contribution in [-0.4, -0.2) is 21.4 Å². The van der Waals surface area contributed by atoms with Crippen molar-refractivity contribution in [3.05, 3.63) is 54.1 Å². The van der Waals surface area contributed by atoms with Crippen LogP contribution in [0.1, 0.15) is 132 Å². The first-order valence-electron chi connectivity index (χ1n) is 13.8. The molecule has 2 aliphatic carbocycles. The van der Waals surface area contributed by atoms with Crippen LogP contribution in [0.5, 0.6) is 5.75 Å². The molecule has 1 unspecified atom stereocenters. The van der Waals surface area contributed by atoms with Gasteiger partial charge in [-0.3, -0.25) is 0 Å². The molecule has 7 heteroatoms. The fourth-order valence-electron chi connectivity index (χ4n) is 5.52. The third kappa shape index (κ3) is 11.3. The molecule has 0 saturated heterocycles. The normalized spacial score (nSPS) is 17.5. The second-order valence-electron chi connectivity index (χ2n) is 9.78. The fourth-order valence-corrected chi connectivity index (χ4v) is 6.12. The van der Waals surface area contributed by atoms with Crippen LogP contribution in [0.2, 0.25) is 0 Å². The second kappa shape index (κ2) is 19.1. The van der Waals surface area contributed by atoms with E-state index in [4.69, 9.17) is 13.8 Å². The number of aliphatic hydroxyl groups is 1. The average molecular weight is 559 g/mol. The minimum Gasteiger partial charge on any atom is -0.418 e. The number of allylic oxidation sites excluding steroid dienone is 2. The first kappa shape index (κ1) is 34.0. The molecule has 0 amide bonds. The number of benzene rings is 1. The van der Waals surface area contributed by atoms with Crippen molar-refractivity contribution in [2.75, 3.05) is 7.11 Å². The predicted octanol–water partition coefficient (Wildman–Crippen LogP) is 10.8. The summed E-state index contributed by atoms with van der Waals surface area (Å²) in [5, 5.41) is 7.00. The monoisotopic (exact) mass is 558 g/mol. The van der Waals surface area contributed by atoms with Crippen LogP contribution in [0.25, 0.3) is 0 Å². The van der Waals surface area contributed by atoms with Gasteiger partial charge in [0.25, 0.3) is 0 Å². The SMILES string of the molecule is C=CC=C.CCCC(CC)c1cc(C2CCCCC2)cc(C2CCCCC2)c1OSC(F)(F)SO.CO. The van der Waals surface area contributed by atoms with Gasteiger partial charge < -0.3 is 13.8 Å². The molecular formula is C30H48F2O3S2. The summed E-state index contributed by atoms with van der Waals surface area (Å²) in [6.07, 6.45) is 18.5. The smallest absolute Gasteiger partial charge is 0.400 e. The Morgan fingerprint density at radius 2 is 1.51 bits per heavy atom. The van der Waals surface area contributed by atoms with E-state index in [1.165, 1.54) is 56.9 Å². The first-order chi connectivity index (χ1) is 17.9. The number of halogens is 2. The lowest BCUT2D eigenvalue weighted by Crippen LogP contribution is -2.14. The summed E-state index contributed by atoms with van der Waals surface area (Å²) in [5.41, 5.74) is 3.64. The molecule has 0 spiro atoms. The summed E-state index contributed by atoms with van der Waals surface area (Å²) >= 11 is -0.360. The Bertz CT molecular complexity index is 744. The Labute approximate surface area is 233 Å². The van der Waals surface area contributed by atoms with Gasteiger partial charge in [-0.25, -0.2) is 0 Å². The highest BCUT2D eigenvalue weighted by atomic mass is 32.2. The highest BCUT2D eigenvalue weighted by Crippen LogP contribution is 2.49. The standard InChI is InChI=1S/C25H38F2O2S2.C4H6.CH4O/c1-3-11-18(4-2)22-16-21(19-12-7-5-8-13-19)17-23(20-14-9-6-10-15-20)24(22)29-31-25(26,27)30-28;1-3-4-2;1-2/h16-20,28H,3-15H2,1-2H3;3-4H,1-2H2;2H,1H3. The second-order valence-corrected chi connectivity index (χ2v) is 11.6. The zero-order chi connectivity index (χ0) is 27.7. The highest BCUT2D eigenvalue weighted by molar-refractivity contribution is 8.13. The van der Waals surface area contributed by atoms with Crippen molar-refractivity contribution in [3.63, 3.8) is 0 Å². The quantitative estimate of drug-likeness (QED) is 0.161. The molecule has 0 radical (unpaired) electrons. The molecule has 3 nitrogen and oxygen atoms in total. The van der Waals surface area contributed by atoms with E-state index in [1.807, 2.05) is 0 Å². The molecule has 2 saturated carbocycles. The number of hydrogen-bond acceptors (Lipinski definition) is 5. The molecule has 2 fully saturated rings. The van der Waals surface area contributed by atoms with Crippen molar-refractivity contribution in [2.45, 2.75) is 120 Å². The van der Waals surface area contributed by atoms with Gasteiger partial charge in [-0.05, 0) is 73.0 Å². The van der Waals surface area contributed by atoms with Gasteiger partial charge in [-0.1, -0.05) is 96.2 Å². The molecule has 3 rings (SSSR count). The molecule has 1 aromatic carbocycles. The Hall–Kier alpha value is -1.02. The summed E-state index contributed by atoms with van der Waals surface area (Å²) in [4.78, 5) is 0. The summed E-state index contributed by atoms with van der Waals surface area (Å²) in [5.74, 6) is 1.92. The van der Waals surface area contributed by atoms with Gasteiger partial charge in [0.15, 0.2) is 0 Å². The third-order valence-corrected chi connectivity index (χ3v) is 8.44. The molecule has 2 aliphatic rings. The topological polar surface area (TPSA) is 49.7 Å². The molecule has 0 bridgehead atoms. The van der Waals surface area contributed by atoms with E-state index in [0.29, 0.717) is 23.5 Å². The highest BCUT2D eigenvalue weighted by Gasteiger charge is 2.35.